The Morgan fingerprint density at radius 3 is 2.28 bits per heavy atom. The third-order valence-corrected chi connectivity index (χ3v) is 6.24. The third kappa shape index (κ3) is 4.77. The van der Waals surface area contributed by atoms with E-state index in [1.807, 2.05) is 0 Å². The fourth-order valence-corrected chi connectivity index (χ4v) is 4.42. The van der Waals surface area contributed by atoms with Gasteiger partial charge in [-0.3, -0.25) is 20.2 Å². The molecule has 0 radical (unpaired) electrons. The second-order valence-corrected chi connectivity index (χ2v) is 8.34. The van der Waals surface area contributed by atoms with Crippen LogP contribution in [0.25, 0.3) is 0 Å². The van der Waals surface area contributed by atoms with Crippen LogP contribution in [-0.2, 0) is 30.0 Å². The molecule has 2 atom stereocenters. The van der Waals surface area contributed by atoms with E-state index >= 15 is 0 Å². The minimum absolute atomic E-state index is 0.00287. The predicted molar refractivity (Wildman–Crippen MR) is 113 cm³/mol. The van der Waals surface area contributed by atoms with E-state index in [-0.39, 0.29) is 51.5 Å². The zero-order chi connectivity index (χ0) is 26.3. The minimum Gasteiger partial charge on any atom is -0.461 e. The van der Waals surface area contributed by atoms with Gasteiger partial charge in [0.15, 0.2) is 23.3 Å². The monoisotopic (exact) mass is 518 g/mol. The molecule has 0 amide bonds. The number of halogens is 3. The Morgan fingerprint density at radius 1 is 1.17 bits per heavy atom. The number of nitro benzene ring substituents is 2. The SMILES string of the molecule is CCOC(=O)C1=NOC2COC3(CCN(c4c([N+](=O)[O-])cc(C(F)(F)F)cc4[N+](=O)[O-])CC3)OCC12. The first-order valence-corrected chi connectivity index (χ1v) is 10.9. The molecule has 196 valence electrons. The lowest BCUT2D eigenvalue weighted by Gasteiger charge is -2.41. The molecule has 1 spiro atoms. The van der Waals surface area contributed by atoms with Crippen LogP contribution < -0.4 is 4.90 Å². The van der Waals surface area contributed by atoms with Crippen molar-refractivity contribution in [3.05, 3.63) is 37.9 Å². The van der Waals surface area contributed by atoms with E-state index in [1.54, 1.807) is 6.92 Å². The van der Waals surface area contributed by atoms with Crippen molar-refractivity contribution in [1.82, 2.24) is 0 Å². The summed E-state index contributed by atoms with van der Waals surface area (Å²) < 4.78 is 56.5. The highest BCUT2D eigenvalue weighted by atomic mass is 19.4. The summed E-state index contributed by atoms with van der Waals surface area (Å²) in [6.07, 6.45) is -5.42. The number of oxime groups is 1. The largest absolute Gasteiger partial charge is 0.461 e. The average Bonchev–Trinajstić information content (AvgIpc) is 3.16. The van der Waals surface area contributed by atoms with Crippen molar-refractivity contribution in [1.29, 1.82) is 0 Å². The molecule has 0 bridgehead atoms. The maximum atomic E-state index is 13.2. The molecule has 0 saturated carbocycles. The molecule has 4 rings (SSSR count). The zero-order valence-corrected chi connectivity index (χ0v) is 18.9. The van der Waals surface area contributed by atoms with Crippen LogP contribution in [0.15, 0.2) is 17.3 Å². The second kappa shape index (κ2) is 9.50. The molecule has 36 heavy (non-hydrogen) atoms. The number of piperidine rings is 1. The van der Waals surface area contributed by atoms with Crippen LogP contribution in [0.1, 0.15) is 25.3 Å². The Bertz CT molecular complexity index is 1070. The van der Waals surface area contributed by atoms with Crippen LogP contribution >= 0.6 is 0 Å². The second-order valence-electron chi connectivity index (χ2n) is 8.34. The normalized spacial score (nSPS) is 23.3. The van der Waals surface area contributed by atoms with Gasteiger partial charge in [0.05, 0.1) is 41.1 Å². The van der Waals surface area contributed by atoms with Crippen LogP contribution in [0.2, 0.25) is 0 Å². The Balaban J connectivity index is 1.54. The molecule has 3 heterocycles. The number of carbonyl (C=O) groups excluding carboxylic acids is 1. The predicted octanol–water partition coefficient (Wildman–Crippen LogP) is 2.80. The Morgan fingerprint density at radius 2 is 1.75 bits per heavy atom. The number of hydrogen-bond acceptors (Lipinski definition) is 11. The lowest BCUT2D eigenvalue weighted by atomic mass is 9.99. The fraction of sp³-hybridized carbons (Fsp3) is 0.600. The number of nitro groups is 2. The first kappa shape index (κ1) is 25.6. The number of alkyl halides is 3. The number of rotatable bonds is 5. The number of hydrogen-bond donors (Lipinski definition) is 0. The first-order chi connectivity index (χ1) is 17.0. The number of anilines is 1. The van der Waals surface area contributed by atoms with E-state index in [4.69, 9.17) is 19.0 Å². The molecule has 0 aliphatic carbocycles. The third-order valence-electron chi connectivity index (χ3n) is 6.24. The summed E-state index contributed by atoms with van der Waals surface area (Å²) in [6.45, 7) is 1.73. The Kier molecular flexibility index (Phi) is 6.74. The van der Waals surface area contributed by atoms with Gasteiger partial charge in [-0.2, -0.15) is 13.2 Å². The Labute approximate surface area is 201 Å². The van der Waals surface area contributed by atoms with Crippen molar-refractivity contribution in [2.45, 2.75) is 37.8 Å². The summed E-state index contributed by atoms with van der Waals surface area (Å²) in [5, 5.41) is 26.9. The number of benzene rings is 1. The maximum absolute atomic E-state index is 13.2. The summed E-state index contributed by atoms with van der Waals surface area (Å²) >= 11 is 0. The maximum Gasteiger partial charge on any atom is 0.416 e. The fourth-order valence-electron chi connectivity index (χ4n) is 4.42. The van der Waals surface area contributed by atoms with Gasteiger partial charge in [-0.1, -0.05) is 5.16 Å². The van der Waals surface area contributed by atoms with E-state index in [9.17, 15) is 38.2 Å². The number of esters is 1. The zero-order valence-electron chi connectivity index (χ0n) is 18.9. The van der Waals surface area contributed by atoms with Crippen molar-refractivity contribution in [3.63, 3.8) is 0 Å². The summed E-state index contributed by atoms with van der Waals surface area (Å²) in [5.41, 5.74) is -3.98. The van der Waals surface area contributed by atoms with Gasteiger partial charge in [0.2, 0.25) is 0 Å². The lowest BCUT2D eigenvalue weighted by Crippen LogP contribution is -2.48. The molecule has 2 unspecified atom stereocenters. The number of nitrogens with zero attached hydrogens (tertiary/aromatic N) is 4. The summed E-state index contributed by atoms with van der Waals surface area (Å²) in [4.78, 5) is 39.7. The molecule has 0 N–H and O–H groups in total. The van der Waals surface area contributed by atoms with Crippen molar-refractivity contribution in [2.75, 3.05) is 37.8 Å². The van der Waals surface area contributed by atoms with Crippen LogP contribution in [0, 0.1) is 26.1 Å². The van der Waals surface area contributed by atoms with Gasteiger partial charge in [0.25, 0.3) is 11.4 Å². The van der Waals surface area contributed by atoms with Crippen LogP contribution in [-0.4, -0.2) is 66.3 Å². The molecule has 1 aromatic carbocycles. The highest BCUT2D eigenvalue weighted by Crippen LogP contribution is 2.45. The highest BCUT2D eigenvalue weighted by Gasteiger charge is 2.48. The summed E-state index contributed by atoms with van der Waals surface area (Å²) in [6, 6.07) is 0.584. The standard InChI is InChI=1S/C20H21F3N4O9/c1-2-33-18(28)16-12-9-34-19(35-10-15(12)36-24-16)3-5-25(6-4-19)17-13(26(29)30)7-11(20(21,22)23)8-14(17)27(31)32/h7-8,12,15H,2-6,9-10H2,1H3. The van der Waals surface area contributed by atoms with Gasteiger partial charge in [-0.25, -0.2) is 4.79 Å². The van der Waals surface area contributed by atoms with Crippen molar-refractivity contribution < 1.29 is 46.9 Å². The number of carbonyl (C=O) groups is 1. The van der Waals surface area contributed by atoms with Crippen molar-refractivity contribution in [3.8, 4) is 0 Å². The van der Waals surface area contributed by atoms with E-state index in [0.29, 0.717) is 12.1 Å². The van der Waals surface area contributed by atoms with Gasteiger partial charge in [0, 0.05) is 38.1 Å². The summed E-state index contributed by atoms with van der Waals surface area (Å²) in [7, 11) is 0. The average molecular weight is 518 g/mol. The molecular formula is C20H21F3N4O9. The number of ether oxygens (including phenoxy) is 3. The molecule has 16 heteroatoms. The minimum atomic E-state index is -5.01. The van der Waals surface area contributed by atoms with E-state index in [1.165, 1.54) is 4.90 Å². The molecule has 1 aromatic rings. The van der Waals surface area contributed by atoms with Gasteiger partial charge < -0.3 is 23.9 Å². The van der Waals surface area contributed by atoms with E-state index in [2.05, 4.69) is 5.16 Å². The van der Waals surface area contributed by atoms with Gasteiger partial charge >= 0.3 is 12.1 Å². The van der Waals surface area contributed by atoms with E-state index < -0.39 is 62.4 Å². The first-order valence-electron chi connectivity index (χ1n) is 10.9. The smallest absolute Gasteiger partial charge is 0.416 e. The Hall–Kier alpha value is -3.53. The van der Waals surface area contributed by atoms with Gasteiger partial charge in [0.1, 0.15) is 0 Å². The summed E-state index contributed by atoms with van der Waals surface area (Å²) in [5.74, 6) is -2.36. The quantitative estimate of drug-likeness (QED) is 0.323. The van der Waals surface area contributed by atoms with Gasteiger partial charge in [-0.05, 0) is 6.92 Å². The molecule has 2 saturated heterocycles. The topological polar surface area (TPSA) is 156 Å². The number of fused-ring (bicyclic) bond motifs is 1. The molecular weight excluding hydrogens is 497 g/mol. The molecule has 3 aliphatic heterocycles. The lowest BCUT2D eigenvalue weighted by molar-refractivity contribution is -0.393. The van der Waals surface area contributed by atoms with Crippen molar-refractivity contribution in [2.24, 2.45) is 11.1 Å². The molecule has 3 aliphatic rings. The highest BCUT2D eigenvalue weighted by molar-refractivity contribution is 6.37. The van der Waals surface area contributed by atoms with Crippen LogP contribution in [0.5, 0.6) is 0 Å². The molecule has 2 fully saturated rings. The molecule has 0 aromatic heterocycles. The van der Waals surface area contributed by atoms with Gasteiger partial charge in [-0.15, -0.1) is 0 Å². The van der Waals surface area contributed by atoms with Crippen LogP contribution in [0.4, 0.5) is 30.2 Å². The van der Waals surface area contributed by atoms with Crippen molar-refractivity contribution >= 4 is 28.7 Å². The molecule has 13 nitrogen and oxygen atoms in total. The van der Waals surface area contributed by atoms with Crippen LogP contribution in [0.3, 0.4) is 0 Å². The van der Waals surface area contributed by atoms with E-state index in [0.717, 1.165) is 0 Å².